The highest BCUT2D eigenvalue weighted by Gasteiger charge is 2.24. The molecule has 0 radical (unpaired) electrons. The monoisotopic (exact) mass is 210 g/mol. The highest BCUT2D eigenvalue weighted by atomic mass is 32.1. The van der Waals surface area contributed by atoms with Gasteiger partial charge in [-0.1, -0.05) is 13.8 Å². The highest BCUT2D eigenvalue weighted by Crippen LogP contribution is 2.26. The second-order valence-corrected chi connectivity index (χ2v) is 5.43. The van der Waals surface area contributed by atoms with Gasteiger partial charge in [-0.3, -0.25) is 0 Å². The number of aryl methyl sites for hydroxylation is 1. The van der Waals surface area contributed by atoms with E-state index in [4.69, 9.17) is 0 Å². The van der Waals surface area contributed by atoms with Crippen LogP contribution in [0.2, 0.25) is 0 Å². The Morgan fingerprint density at radius 1 is 1.57 bits per heavy atom. The Morgan fingerprint density at radius 2 is 2.36 bits per heavy atom. The average molecular weight is 210 g/mol. The highest BCUT2D eigenvalue weighted by molar-refractivity contribution is 7.11. The van der Waals surface area contributed by atoms with Crippen molar-refractivity contribution in [3.05, 3.63) is 16.1 Å². The zero-order valence-electron chi connectivity index (χ0n) is 8.92. The molecule has 1 N–H and O–H groups in total. The molecule has 0 amide bonds. The van der Waals surface area contributed by atoms with Crippen molar-refractivity contribution in [2.75, 3.05) is 0 Å². The van der Waals surface area contributed by atoms with Crippen LogP contribution in [0.4, 0.5) is 0 Å². The van der Waals surface area contributed by atoms with Crippen LogP contribution < -0.4 is 5.32 Å². The quantitative estimate of drug-likeness (QED) is 0.826. The number of nitrogens with zero attached hydrogens (tertiary/aromatic N) is 1. The molecule has 1 saturated carbocycles. The Bertz CT molecular complexity index is 289. The van der Waals surface area contributed by atoms with Gasteiger partial charge in [-0.15, -0.1) is 11.3 Å². The first-order valence-electron chi connectivity index (χ1n) is 5.45. The molecular formula is C11H18N2S. The molecule has 1 aliphatic rings. The van der Waals surface area contributed by atoms with Crippen LogP contribution in [0.15, 0.2) is 6.20 Å². The fourth-order valence-electron chi connectivity index (χ4n) is 1.89. The third-order valence-corrected chi connectivity index (χ3v) is 4.01. The van der Waals surface area contributed by atoms with Crippen LogP contribution in [0.1, 0.15) is 36.6 Å². The van der Waals surface area contributed by atoms with Gasteiger partial charge in [0.25, 0.3) is 0 Å². The van der Waals surface area contributed by atoms with Crippen molar-refractivity contribution in [2.24, 2.45) is 5.92 Å². The smallest absolute Gasteiger partial charge is 0.107 e. The van der Waals surface area contributed by atoms with Crippen molar-refractivity contribution in [3.63, 3.8) is 0 Å². The first kappa shape index (κ1) is 10.1. The first-order valence-corrected chi connectivity index (χ1v) is 6.26. The van der Waals surface area contributed by atoms with Gasteiger partial charge in [-0.2, -0.15) is 0 Å². The van der Waals surface area contributed by atoms with E-state index in [1.54, 1.807) is 0 Å². The summed E-state index contributed by atoms with van der Waals surface area (Å²) in [5.74, 6) is 0.926. The van der Waals surface area contributed by atoms with Gasteiger partial charge >= 0.3 is 0 Å². The lowest BCUT2D eigenvalue weighted by atomic mass is 9.82. The van der Waals surface area contributed by atoms with Crippen LogP contribution >= 0.6 is 11.3 Å². The Labute approximate surface area is 89.8 Å². The minimum absolute atomic E-state index is 0.749. The minimum Gasteiger partial charge on any atom is -0.308 e. The summed E-state index contributed by atoms with van der Waals surface area (Å²) < 4.78 is 0. The number of rotatable bonds is 4. The molecule has 0 spiro atoms. The second-order valence-electron chi connectivity index (χ2n) is 4.23. The molecule has 2 rings (SSSR count). The van der Waals surface area contributed by atoms with Crippen LogP contribution in [0.3, 0.4) is 0 Å². The number of hydrogen-bond donors (Lipinski definition) is 1. The Balaban J connectivity index is 1.75. The molecule has 0 saturated heterocycles. The van der Waals surface area contributed by atoms with Gasteiger partial charge in [0.15, 0.2) is 0 Å². The molecule has 3 heteroatoms. The summed E-state index contributed by atoms with van der Waals surface area (Å²) in [6.07, 6.45) is 5.79. The van der Waals surface area contributed by atoms with Crippen molar-refractivity contribution in [1.82, 2.24) is 10.3 Å². The molecule has 0 atom stereocenters. The molecule has 0 unspecified atom stereocenters. The lowest BCUT2D eigenvalue weighted by Gasteiger charge is -2.33. The van der Waals surface area contributed by atoms with E-state index in [0.29, 0.717) is 0 Å². The summed E-state index contributed by atoms with van der Waals surface area (Å²) in [5.41, 5.74) is 0. The van der Waals surface area contributed by atoms with Gasteiger partial charge in [0.1, 0.15) is 5.01 Å². The average Bonchev–Trinajstić information content (AvgIpc) is 2.58. The Morgan fingerprint density at radius 3 is 2.93 bits per heavy atom. The first-order chi connectivity index (χ1) is 6.78. The van der Waals surface area contributed by atoms with E-state index in [-0.39, 0.29) is 0 Å². The molecular weight excluding hydrogens is 192 g/mol. The molecule has 0 bridgehead atoms. The van der Waals surface area contributed by atoms with E-state index < -0.39 is 0 Å². The van der Waals surface area contributed by atoms with Gasteiger partial charge in [-0.05, 0) is 25.2 Å². The molecule has 2 nitrogen and oxygen atoms in total. The maximum Gasteiger partial charge on any atom is 0.107 e. The normalized spacial score (nSPS) is 26.1. The van der Waals surface area contributed by atoms with E-state index in [9.17, 15) is 0 Å². The predicted molar refractivity (Wildman–Crippen MR) is 60.5 cm³/mol. The molecule has 1 fully saturated rings. The fourth-order valence-corrected chi connectivity index (χ4v) is 2.71. The van der Waals surface area contributed by atoms with Gasteiger partial charge < -0.3 is 5.32 Å². The SMILES string of the molecule is CCc1cnc(CNC2CC(C)C2)s1. The zero-order valence-corrected chi connectivity index (χ0v) is 9.73. The molecule has 78 valence electrons. The Hall–Kier alpha value is -0.410. The van der Waals surface area contributed by atoms with Crippen LogP contribution in [-0.2, 0) is 13.0 Å². The van der Waals surface area contributed by atoms with Crippen molar-refractivity contribution in [1.29, 1.82) is 0 Å². The number of hydrogen-bond acceptors (Lipinski definition) is 3. The van der Waals surface area contributed by atoms with Crippen LogP contribution in [0.5, 0.6) is 0 Å². The topological polar surface area (TPSA) is 24.9 Å². The Kier molecular flexibility index (Phi) is 3.19. The maximum absolute atomic E-state index is 4.39. The summed E-state index contributed by atoms with van der Waals surface area (Å²) >= 11 is 1.84. The maximum atomic E-state index is 4.39. The van der Waals surface area contributed by atoms with Crippen molar-refractivity contribution in [2.45, 2.75) is 45.7 Å². The zero-order chi connectivity index (χ0) is 9.97. The van der Waals surface area contributed by atoms with Gasteiger partial charge in [0.2, 0.25) is 0 Å². The van der Waals surface area contributed by atoms with Crippen molar-refractivity contribution >= 4 is 11.3 Å². The molecule has 14 heavy (non-hydrogen) atoms. The molecule has 1 heterocycles. The van der Waals surface area contributed by atoms with Gasteiger partial charge in [0, 0.05) is 23.7 Å². The summed E-state index contributed by atoms with van der Waals surface area (Å²) in [5, 5.41) is 4.79. The van der Waals surface area contributed by atoms with E-state index >= 15 is 0 Å². The molecule has 1 aromatic rings. The standard InChI is InChI=1S/C11H18N2S/c1-3-10-6-13-11(14-10)7-12-9-4-8(2)5-9/h6,8-9,12H,3-5,7H2,1-2H3. The third-order valence-electron chi connectivity index (χ3n) is 2.87. The third kappa shape index (κ3) is 2.34. The van der Waals surface area contributed by atoms with Crippen LogP contribution in [0.25, 0.3) is 0 Å². The summed E-state index contributed by atoms with van der Waals surface area (Å²) in [6.45, 7) is 5.46. The van der Waals surface area contributed by atoms with Gasteiger partial charge in [0.05, 0.1) is 0 Å². The number of thiazole rings is 1. The summed E-state index contributed by atoms with van der Waals surface area (Å²) in [6, 6.07) is 0.749. The van der Waals surface area contributed by atoms with E-state index in [1.165, 1.54) is 22.7 Å². The summed E-state index contributed by atoms with van der Waals surface area (Å²) in [7, 11) is 0. The van der Waals surface area contributed by atoms with E-state index in [0.717, 1.165) is 24.9 Å². The van der Waals surface area contributed by atoms with Crippen LogP contribution in [0, 0.1) is 5.92 Å². The largest absolute Gasteiger partial charge is 0.308 e. The van der Waals surface area contributed by atoms with Crippen LogP contribution in [-0.4, -0.2) is 11.0 Å². The lowest BCUT2D eigenvalue weighted by Crippen LogP contribution is -2.39. The minimum atomic E-state index is 0.749. The summed E-state index contributed by atoms with van der Waals surface area (Å²) in [4.78, 5) is 5.78. The van der Waals surface area contributed by atoms with E-state index in [1.807, 2.05) is 17.5 Å². The predicted octanol–water partition coefficient (Wildman–Crippen LogP) is 2.59. The molecule has 1 aliphatic carbocycles. The molecule has 0 aliphatic heterocycles. The number of nitrogens with one attached hydrogen (secondary N) is 1. The second kappa shape index (κ2) is 4.41. The van der Waals surface area contributed by atoms with Gasteiger partial charge in [-0.25, -0.2) is 4.98 Å². The van der Waals surface area contributed by atoms with E-state index in [2.05, 4.69) is 24.1 Å². The fraction of sp³-hybridized carbons (Fsp3) is 0.727. The van der Waals surface area contributed by atoms with Crippen molar-refractivity contribution in [3.8, 4) is 0 Å². The molecule has 0 aromatic carbocycles. The lowest BCUT2D eigenvalue weighted by molar-refractivity contribution is 0.240. The number of aromatic nitrogens is 1. The van der Waals surface area contributed by atoms with Crippen molar-refractivity contribution < 1.29 is 0 Å². The molecule has 1 aromatic heterocycles.